The topological polar surface area (TPSA) is 44.0 Å². The summed E-state index contributed by atoms with van der Waals surface area (Å²) in [6, 6.07) is 8.02. The minimum atomic E-state index is -0.00374. The predicted octanol–water partition coefficient (Wildman–Crippen LogP) is 2.62. The van der Waals surface area contributed by atoms with Crippen LogP contribution < -0.4 is 0 Å². The molecule has 0 saturated heterocycles. The first-order valence-electron chi connectivity index (χ1n) is 5.08. The van der Waals surface area contributed by atoms with E-state index in [-0.39, 0.29) is 6.61 Å². The van der Waals surface area contributed by atoms with Crippen molar-refractivity contribution in [3.8, 4) is 6.07 Å². The van der Waals surface area contributed by atoms with Crippen molar-refractivity contribution in [1.82, 2.24) is 0 Å². The summed E-state index contributed by atoms with van der Waals surface area (Å²) in [5.74, 6) is 1.17. The predicted molar refractivity (Wildman–Crippen MR) is 60.4 cm³/mol. The lowest BCUT2D eigenvalue weighted by atomic mass is 9.89. The van der Waals surface area contributed by atoms with Crippen LogP contribution in [-0.2, 0) is 0 Å². The highest BCUT2D eigenvalue weighted by Gasteiger charge is 2.15. The molecule has 0 atom stereocenters. The molecular weight excluding hydrogens is 186 g/mol. The Labute approximate surface area is 91.2 Å². The third-order valence-electron chi connectivity index (χ3n) is 2.53. The second kappa shape index (κ2) is 4.95. The maximum absolute atomic E-state index is 9.15. The Morgan fingerprint density at radius 3 is 2.60 bits per heavy atom. The fourth-order valence-corrected chi connectivity index (χ4v) is 1.62. The Hall–Kier alpha value is -1.33. The van der Waals surface area contributed by atoms with Gasteiger partial charge in [0, 0.05) is 5.92 Å². The van der Waals surface area contributed by atoms with Crippen molar-refractivity contribution in [3.05, 3.63) is 40.8 Å². The molecule has 1 aromatic rings. The van der Waals surface area contributed by atoms with Gasteiger partial charge in [0.05, 0.1) is 18.2 Å². The molecule has 0 aliphatic carbocycles. The standard InChI is InChI=1S/C13H16NO/c1-9(2)11-5-4-6-12(10(3)8-15)13(11)7-14/h4-6,9,15H,8H2,1-3H3. The van der Waals surface area contributed by atoms with E-state index in [0.717, 1.165) is 17.0 Å². The van der Waals surface area contributed by atoms with Crippen molar-refractivity contribution < 1.29 is 5.11 Å². The first kappa shape index (κ1) is 11.7. The number of benzene rings is 1. The minimum absolute atomic E-state index is 0.00374. The molecule has 1 aromatic carbocycles. The lowest BCUT2D eigenvalue weighted by Gasteiger charge is -2.15. The van der Waals surface area contributed by atoms with Gasteiger partial charge in [0.15, 0.2) is 0 Å². The zero-order valence-corrected chi connectivity index (χ0v) is 9.41. The summed E-state index contributed by atoms with van der Waals surface area (Å²) in [4.78, 5) is 0. The van der Waals surface area contributed by atoms with E-state index in [0.29, 0.717) is 11.5 Å². The second-order valence-corrected chi connectivity index (χ2v) is 3.97. The lowest BCUT2D eigenvalue weighted by molar-refractivity contribution is 0.315. The fourth-order valence-electron chi connectivity index (χ4n) is 1.62. The number of nitrogens with zero attached hydrogens (tertiary/aromatic N) is 1. The van der Waals surface area contributed by atoms with Gasteiger partial charge in [-0.05, 0) is 17.0 Å². The molecule has 1 N–H and O–H groups in total. The quantitative estimate of drug-likeness (QED) is 0.818. The van der Waals surface area contributed by atoms with E-state index in [2.05, 4.69) is 19.9 Å². The highest BCUT2D eigenvalue weighted by molar-refractivity contribution is 5.51. The van der Waals surface area contributed by atoms with Gasteiger partial charge >= 0.3 is 0 Å². The summed E-state index contributed by atoms with van der Waals surface area (Å²) < 4.78 is 0. The van der Waals surface area contributed by atoms with Gasteiger partial charge in [-0.3, -0.25) is 0 Å². The van der Waals surface area contributed by atoms with Crippen molar-refractivity contribution in [3.63, 3.8) is 0 Å². The molecular formula is C13H16NO. The lowest BCUT2D eigenvalue weighted by Crippen LogP contribution is -2.05. The molecule has 0 unspecified atom stereocenters. The number of aliphatic hydroxyl groups excluding tert-OH is 1. The molecule has 79 valence electrons. The summed E-state index contributed by atoms with van der Waals surface area (Å²) in [5.41, 5.74) is 2.60. The van der Waals surface area contributed by atoms with E-state index in [4.69, 9.17) is 10.4 Å². The summed E-state index contributed by atoms with van der Waals surface area (Å²) in [6.45, 7) is 5.97. The molecule has 0 saturated carbocycles. The maximum Gasteiger partial charge on any atom is 0.0997 e. The van der Waals surface area contributed by atoms with E-state index in [1.54, 1.807) is 0 Å². The molecule has 0 bridgehead atoms. The van der Waals surface area contributed by atoms with Gasteiger partial charge in [-0.25, -0.2) is 0 Å². The van der Waals surface area contributed by atoms with E-state index >= 15 is 0 Å². The van der Waals surface area contributed by atoms with Gasteiger partial charge < -0.3 is 5.11 Å². The first-order chi connectivity index (χ1) is 7.11. The average Bonchev–Trinajstić information content (AvgIpc) is 2.26. The third-order valence-corrected chi connectivity index (χ3v) is 2.53. The van der Waals surface area contributed by atoms with E-state index in [9.17, 15) is 0 Å². The molecule has 2 nitrogen and oxygen atoms in total. The largest absolute Gasteiger partial charge is 0.395 e. The van der Waals surface area contributed by atoms with E-state index in [1.807, 2.05) is 25.1 Å². The van der Waals surface area contributed by atoms with Crippen molar-refractivity contribution in [2.45, 2.75) is 26.7 Å². The van der Waals surface area contributed by atoms with Crippen LogP contribution in [0, 0.1) is 17.2 Å². The van der Waals surface area contributed by atoms with Crippen LogP contribution in [0.15, 0.2) is 18.2 Å². The molecule has 0 aliphatic heterocycles. The zero-order chi connectivity index (χ0) is 11.4. The molecule has 2 heteroatoms. The van der Waals surface area contributed by atoms with Crippen LogP contribution in [0.4, 0.5) is 0 Å². The summed E-state index contributed by atoms with van der Waals surface area (Å²) in [7, 11) is 0. The van der Waals surface area contributed by atoms with Gasteiger partial charge in [-0.1, -0.05) is 39.0 Å². The van der Waals surface area contributed by atoms with Gasteiger partial charge in [-0.2, -0.15) is 5.26 Å². The smallest absolute Gasteiger partial charge is 0.0997 e. The SMILES string of the molecule is C[C](CO)c1cccc(C(C)C)c1C#N. The van der Waals surface area contributed by atoms with Gasteiger partial charge in [0.1, 0.15) is 0 Å². The van der Waals surface area contributed by atoms with Crippen molar-refractivity contribution in [1.29, 1.82) is 5.26 Å². The maximum atomic E-state index is 9.15. The van der Waals surface area contributed by atoms with Crippen molar-refractivity contribution in [2.75, 3.05) is 6.61 Å². The van der Waals surface area contributed by atoms with Gasteiger partial charge in [0.25, 0.3) is 0 Å². The number of aliphatic hydroxyl groups is 1. The van der Waals surface area contributed by atoms with Crippen molar-refractivity contribution in [2.24, 2.45) is 0 Å². The van der Waals surface area contributed by atoms with Crippen LogP contribution in [0.25, 0.3) is 0 Å². The Morgan fingerprint density at radius 2 is 2.13 bits per heavy atom. The molecule has 0 amide bonds. The van der Waals surface area contributed by atoms with Gasteiger partial charge in [-0.15, -0.1) is 0 Å². The first-order valence-corrected chi connectivity index (χ1v) is 5.08. The third kappa shape index (κ3) is 2.37. The Kier molecular flexibility index (Phi) is 3.88. The van der Waals surface area contributed by atoms with E-state index < -0.39 is 0 Å². The number of hydrogen-bond donors (Lipinski definition) is 1. The van der Waals surface area contributed by atoms with Crippen LogP contribution in [0.3, 0.4) is 0 Å². The van der Waals surface area contributed by atoms with Gasteiger partial charge in [0.2, 0.25) is 0 Å². The summed E-state index contributed by atoms with van der Waals surface area (Å²) in [6.07, 6.45) is 0. The minimum Gasteiger partial charge on any atom is -0.395 e. The molecule has 15 heavy (non-hydrogen) atoms. The van der Waals surface area contributed by atoms with Crippen LogP contribution in [0.1, 0.15) is 43.4 Å². The Morgan fingerprint density at radius 1 is 1.47 bits per heavy atom. The zero-order valence-electron chi connectivity index (χ0n) is 9.41. The Balaban J connectivity index is 3.30. The average molecular weight is 202 g/mol. The molecule has 1 rings (SSSR count). The number of hydrogen-bond acceptors (Lipinski definition) is 2. The Bertz CT molecular complexity index is 377. The molecule has 0 fully saturated rings. The van der Waals surface area contributed by atoms with Crippen LogP contribution in [-0.4, -0.2) is 11.7 Å². The molecule has 0 aliphatic rings. The molecule has 0 aromatic heterocycles. The molecule has 0 heterocycles. The molecule has 0 spiro atoms. The summed E-state index contributed by atoms with van der Waals surface area (Å²) in [5, 5.41) is 18.2. The fraction of sp³-hybridized carbons (Fsp3) is 0.385. The highest BCUT2D eigenvalue weighted by atomic mass is 16.3. The molecule has 1 radical (unpaired) electrons. The van der Waals surface area contributed by atoms with Crippen LogP contribution in [0.2, 0.25) is 0 Å². The van der Waals surface area contributed by atoms with Crippen LogP contribution in [0.5, 0.6) is 0 Å². The van der Waals surface area contributed by atoms with E-state index in [1.165, 1.54) is 0 Å². The normalized spacial score (nSPS) is 10.7. The number of nitriles is 1. The van der Waals surface area contributed by atoms with Crippen LogP contribution >= 0.6 is 0 Å². The second-order valence-electron chi connectivity index (χ2n) is 3.97. The monoisotopic (exact) mass is 202 g/mol. The highest BCUT2D eigenvalue weighted by Crippen LogP contribution is 2.26. The van der Waals surface area contributed by atoms with Crippen molar-refractivity contribution >= 4 is 0 Å². The summed E-state index contributed by atoms with van der Waals surface area (Å²) >= 11 is 0. The number of rotatable bonds is 3.